The topological polar surface area (TPSA) is 80.8 Å². The number of amides is 2. The van der Waals surface area contributed by atoms with E-state index in [0.717, 1.165) is 48.1 Å². The van der Waals surface area contributed by atoms with Crippen LogP contribution in [-0.4, -0.2) is 40.5 Å². The number of unbranched alkanes of at least 4 members (excludes halogenated alkanes) is 4. The number of carbonyl (C=O) groups is 4. The van der Waals surface area contributed by atoms with Crippen LogP contribution in [0.1, 0.15) is 38.5 Å². The van der Waals surface area contributed by atoms with Gasteiger partial charge in [-0.2, -0.15) is 0 Å². The summed E-state index contributed by atoms with van der Waals surface area (Å²) in [5, 5.41) is 0.979. The monoisotopic (exact) mass is 359 g/mol. The van der Waals surface area contributed by atoms with Crippen LogP contribution in [0.3, 0.4) is 0 Å². The van der Waals surface area contributed by atoms with Crippen LogP contribution in [-0.2, 0) is 23.9 Å². The van der Waals surface area contributed by atoms with Crippen LogP contribution in [0.15, 0.2) is 12.2 Å². The van der Waals surface area contributed by atoms with Gasteiger partial charge in [-0.3, -0.25) is 19.3 Å². The molecular weight excluding hydrogens is 342 g/mol. The molecule has 21 heavy (non-hydrogen) atoms. The Labute approximate surface area is 131 Å². The maximum Gasteiger partial charge on any atom is 0.333 e. The summed E-state index contributed by atoms with van der Waals surface area (Å²) < 4.78 is 4.58. The van der Waals surface area contributed by atoms with Crippen molar-refractivity contribution in [1.29, 1.82) is 0 Å². The SMILES string of the molecule is O=C(CCCCCCCBr)OC(=O)CN1C(=O)C=CC1=O. The first-order valence-electron chi connectivity index (χ1n) is 6.87. The van der Waals surface area contributed by atoms with Gasteiger partial charge in [-0.1, -0.05) is 35.2 Å². The quantitative estimate of drug-likeness (QED) is 0.206. The van der Waals surface area contributed by atoms with Crippen LogP contribution in [0.5, 0.6) is 0 Å². The van der Waals surface area contributed by atoms with Crippen molar-refractivity contribution in [1.82, 2.24) is 4.90 Å². The van der Waals surface area contributed by atoms with Gasteiger partial charge in [-0.25, -0.2) is 4.79 Å². The average Bonchev–Trinajstić information content (AvgIpc) is 2.74. The smallest absolute Gasteiger partial charge is 0.333 e. The van der Waals surface area contributed by atoms with Gasteiger partial charge in [0.15, 0.2) is 0 Å². The molecule has 0 radical (unpaired) electrons. The molecule has 0 atom stereocenters. The standard InChI is InChI=1S/C14H18BrNO5/c15-9-5-3-1-2-4-6-13(19)21-14(20)10-16-11(17)7-8-12(16)18/h7-8H,1-6,9-10H2. The molecule has 0 unspecified atom stereocenters. The molecule has 1 aliphatic heterocycles. The van der Waals surface area contributed by atoms with Crippen LogP contribution >= 0.6 is 15.9 Å². The molecule has 0 saturated heterocycles. The lowest BCUT2D eigenvalue weighted by Gasteiger charge is -2.11. The summed E-state index contributed by atoms with van der Waals surface area (Å²) in [6.07, 6.45) is 7.13. The number of hydrogen-bond acceptors (Lipinski definition) is 5. The second-order valence-corrected chi connectivity index (χ2v) is 5.44. The number of hydrogen-bond donors (Lipinski definition) is 0. The van der Waals surface area contributed by atoms with Crippen LogP contribution in [0.2, 0.25) is 0 Å². The molecule has 0 N–H and O–H groups in total. The Balaban J connectivity index is 2.15. The number of imide groups is 1. The Bertz CT molecular complexity index is 429. The molecule has 116 valence electrons. The first-order valence-corrected chi connectivity index (χ1v) is 7.99. The normalized spacial score (nSPS) is 13.9. The molecule has 0 spiro atoms. The summed E-state index contributed by atoms with van der Waals surface area (Å²) in [6.45, 7) is -0.526. The number of ether oxygens (including phenoxy) is 1. The fourth-order valence-corrected chi connectivity index (χ4v) is 2.22. The highest BCUT2D eigenvalue weighted by Crippen LogP contribution is 2.08. The van der Waals surface area contributed by atoms with E-state index in [-0.39, 0.29) is 6.42 Å². The van der Waals surface area contributed by atoms with Gasteiger partial charge in [0.05, 0.1) is 0 Å². The van der Waals surface area contributed by atoms with E-state index in [9.17, 15) is 19.2 Å². The summed E-state index contributed by atoms with van der Waals surface area (Å²) in [6, 6.07) is 0. The van der Waals surface area contributed by atoms with Crippen molar-refractivity contribution in [2.75, 3.05) is 11.9 Å². The number of rotatable bonds is 9. The minimum atomic E-state index is -0.885. The molecule has 0 bridgehead atoms. The van der Waals surface area contributed by atoms with Crippen molar-refractivity contribution < 1.29 is 23.9 Å². The number of nitrogens with zero attached hydrogens (tertiary/aromatic N) is 1. The maximum atomic E-state index is 11.5. The Kier molecular flexibility index (Phi) is 7.89. The fraction of sp³-hybridized carbons (Fsp3) is 0.571. The van der Waals surface area contributed by atoms with Crippen molar-refractivity contribution in [2.45, 2.75) is 38.5 Å². The molecule has 0 saturated carbocycles. The Hall–Kier alpha value is -1.50. The lowest BCUT2D eigenvalue weighted by molar-refractivity contribution is -0.163. The highest BCUT2D eigenvalue weighted by molar-refractivity contribution is 9.09. The van der Waals surface area contributed by atoms with E-state index in [1.165, 1.54) is 0 Å². The molecule has 1 rings (SSSR count). The van der Waals surface area contributed by atoms with Crippen LogP contribution in [0, 0.1) is 0 Å². The zero-order chi connectivity index (χ0) is 15.7. The summed E-state index contributed by atoms with van der Waals surface area (Å²) in [7, 11) is 0. The van der Waals surface area contributed by atoms with Gasteiger partial charge in [0, 0.05) is 23.9 Å². The summed E-state index contributed by atoms with van der Waals surface area (Å²) in [5.41, 5.74) is 0. The van der Waals surface area contributed by atoms with Gasteiger partial charge in [-0.05, 0) is 12.8 Å². The minimum Gasteiger partial charge on any atom is -0.392 e. The van der Waals surface area contributed by atoms with E-state index < -0.39 is 30.3 Å². The van der Waals surface area contributed by atoms with E-state index in [1.807, 2.05) is 0 Å². The highest BCUT2D eigenvalue weighted by Gasteiger charge is 2.27. The number of esters is 2. The molecule has 6 nitrogen and oxygen atoms in total. The van der Waals surface area contributed by atoms with E-state index >= 15 is 0 Å². The molecule has 1 aliphatic rings. The van der Waals surface area contributed by atoms with Gasteiger partial charge < -0.3 is 4.74 Å². The molecule has 0 aromatic rings. The van der Waals surface area contributed by atoms with Crippen molar-refractivity contribution in [3.05, 3.63) is 12.2 Å². The first kappa shape index (κ1) is 17.6. The third-order valence-corrected chi connectivity index (χ3v) is 3.49. The second-order valence-electron chi connectivity index (χ2n) is 4.65. The number of alkyl halides is 1. The predicted molar refractivity (Wildman–Crippen MR) is 78.5 cm³/mol. The second kappa shape index (κ2) is 9.44. The summed E-state index contributed by atoms with van der Waals surface area (Å²) >= 11 is 3.35. The molecule has 1 heterocycles. The van der Waals surface area contributed by atoms with Gasteiger partial charge >= 0.3 is 11.9 Å². The zero-order valence-corrected chi connectivity index (χ0v) is 13.3. The number of carbonyl (C=O) groups excluding carboxylic acids is 4. The van der Waals surface area contributed by atoms with Crippen LogP contribution in [0.4, 0.5) is 0 Å². The summed E-state index contributed by atoms with van der Waals surface area (Å²) in [5.74, 6) is -2.65. The Morgan fingerprint density at radius 1 is 0.952 bits per heavy atom. The van der Waals surface area contributed by atoms with Crippen LogP contribution < -0.4 is 0 Å². The lowest BCUT2D eigenvalue weighted by Crippen LogP contribution is -2.36. The predicted octanol–water partition coefficient (Wildman–Crippen LogP) is 1.72. The molecule has 2 amide bonds. The molecule has 7 heteroatoms. The van der Waals surface area contributed by atoms with Crippen molar-refractivity contribution >= 4 is 39.7 Å². The highest BCUT2D eigenvalue weighted by atomic mass is 79.9. The van der Waals surface area contributed by atoms with E-state index in [1.54, 1.807) is 0 Å². The summed E-state index contributed by atoms with van der Waals surface area (Å²) in [4.78, 5) is 46.1. The largest absolute Gasteiger partial charge is 0.392 e. The number of halogens is 1. The molecule has 0 aromatic heterocycles. The lowest BCUT2D eigenvalue weighted by atomic mass is 10.1. The van der Waals surface area contributed by atoms with Crippen molar-refractivity contribution in [2.24, 2.45) is 0 Å². The Morgan fingerprint density at radius 3 is 2.14 bits per heavy atom. The molecule has 0 aromatic carbocycles. The van der Waals surface area contributed by atoms with Gasteiger partial charge in [0.2, 0.25) is 0 Å². The molecule has 0 fully saturated rings. The molecular formula is C14H18BrNO5. The first-order chi connectivity index (χ1) is 10.0. The average molecular weight is 360 g/mol. The van der Waals surface area contributed by atoms with E-state index in [4.69, 9.17) is 0 Å². The third-order valence-electron chi connectivity index (χ3n) is 2.93. The third kappa shape index (κ3) is 6.66. The van der Waals surface area contributed by atoms with Gasteiger partial charge in [-0.15, -0.1) is 0 Å². The zero-order valence-electron chi connectivity index (χ0n) is 11.7. The van der Waals surface area contributed by atoms with E-state index in [2.05, 4.69) is 20.7 Å². The van der Waals surface area contributed by atoms with Gasteiger partial charge in [0.1, 0.15) is 6.54 Å². The van der Waals surface area contributed by atoms with Crippen molar-refractivity contribution in [3.63, 3.8) is 0 Å². The maximum absolute atomic E-state index is 11.5. The Morgan fingerprint density at radius 2 is 1.52 bits per heavy atom. The van der Waals surface area contributed by atoms with Crippen molar-refractivity contribution in [3.8, 4) is 0 Å². The van der Waals surface area contributed by atoms with E-state index in [0.29, 0.717) is 6.42 Å². The fourth-order valence-electron chi connectivity index (χ4n) is 1.82. The molecule has 0 aliphatic carbocycles. The van der Waals surface area contributed by atoms with Crippen LogP contribution in [0.25, 0.3) is 0 Å². The van der Waals surface area contributed by atoms with Gasteiger partial charge in [0.25, 0.3) is 11.8 Å². The minimum absolute atomic E-state index is 0.167.